The smallest absolute Gasteiger partial charge is 0.185 e. The van der Waals surface area contributed by atoms with Crippen LogP contribution in [0, 0.1) is 13.8 Å². The van der Waals surface area contributed by atoms with Crippen molar-refractivity contribution in [1.82, 2.24) is 15.6 Å². The summed E-state index contributed by atoms with van der Waals surface area (Å²) in [6.45, 7) is 9.62. The monoisotopic (exact) mass is 308 g/mol. The number of hydrogen-bond donors (Lipinski definition) is 3. The lowest BCUT2D eigenvalue weighted by Gasteiger charge is -2.26. The van der Waals surface area contributed by atoms with Crippen LogP contribution >= 0.6 is 12.2 Å². The molecule has 0 unspecified atom stereocenters. The van der Waals surface area contributed by atoms with Gasteiger partial charge in [0.05, 0.1) is 18.9 Å². The van der Waals surface area contributed by atoms with Gasteiger partial charge in [0.15, 0.2) is 5.11 Å². The Kier molecular flexibility index (Phi) is 6.22. The predicted molar refractivity (Wildman–Crippen MR) is 90.5 cm³/mol. The van der Waals surface area contributed by atoms with E-state index in [4.69, 9.17) is 17.0 Å². The summed E-state index contributed by atoms with van der Waals surface area (Å²) < 4.78 is 5.33. The first-order valence-corrected chi connectivity index (χ1v) is 7.73. The van der Waals surface area contributed by atoms with Gasteiger partial charge in [0.1, 0.15) is 0 Å². The van der Waals surface area contributed by atoms with Gasteiger partial charge in [-0.15, -0.1) is 0 Å². The average Bonchev–Trinajstić information content (AvgIpc) is 2.49. The first-order chi connectivity index (χ1) is 10.1. The average molecular weight is 308 g/mol. The Morgan fingerprint density at radius 2 is 2.05 bits per heavy atom. The van der Waals surface area contributed by atoms with Crippen molar-refractivity contribution in [2.75, 3.05) is 44.8 Å². The van der Waals surface area contributed by atoms with E-state index in [0.717, 1.165) is 45.1 Å². The quantitative estimate of drug-likeness (QED) is 0.565. The van der Waals surface area contributed by atoms with Gasteiger partial charge < -0.3 is 10.1 Å². The van der Waals surface area contributed by atoms with Crippen molar-refractivity contribution in [1.29, 1.82) is 0 Å². The summed E-state index contributed by atoms with van der Waals surface area (Å²) in [5.41, 5.74) is 9.64. The molecule has 1 saturated heterocycles. The molecule has 1 heterocycles. The number of ether oxygens (including phenoxy) is 1. The third-order valence-corrected chi connectivity index (χ3v) is 3.77. The molecule has 0 amide bonds. The van der Waals surface area contributed by atoms with Crippen molar-refractivity contribution in [3.8, 4) is 0 Å². The predicted octanol–water partition coefficient (Wildman–Crippen LogP) is 1.43. The zero-order valence-electron chi connectivity index (χ0n) is 12.7. The number of anilines is 1. The molecule has 3 N–H and O–H groups in total. The van der Waals surface area contributed by atoms with E-state index in [1.54, 1.807) is 0 Å². The molecule has 0 bridgehead atoms. The topological polar surface area (TPSA) is 48.6 Å². The summed E-state index contributed by atoms with van der Waals surface area (Å²) >= 11 is 5.27. The summed E-state index contributed by atoms with van der Waals surface area (Å²) in [6.07, 6.45) is 0. The second-order valence-corrected chi connectivity index (χ2v) is 5.69. The Morgan fingerprint density at radius 1 is 1.29 bits per heavy atom. The van der Waals surface area contributed by atoms with Crippen LogP contribution in [0.15, 0.2) is 18.2 Å². The van der Waals surface area contributed by atoms with E-state index in [2.05, 4.69) is 53.1 Å². The van der Waals surface area contributed by atoms with Gasteiger partial charge in [0.25, 0.3) is 0 Å². The van der Waals surface area contributed by atoms with Crippen molar-refractivity contribution in [3.63, 3.8) is 0 Å². The number of hydrogen-bond acceptors (Lipinski definition) is 4. The maximum atomic E-state index is 5.33. The van der Waals surface area contributed by atoms with Crippen molar-refractivity contribution < 1.29 is 4.74 Å². The van der Waals surface area contributed by atoms with Crippen LogP contribution in [0.25, 0.3) is 0 Å². The van der Waals surface area contributed by atoms with Gasteiger partial charge in [-0.05, 0) is 43.3 Å². The number of rotatable bonds is 5. The fraction of sp³-hybridized carbons (Fsp3) is 0.533. The number of nitrogens with zero attached hydrogens (tertiary/aromatic N) is 1. The Morgan fingerprint density at radius 3 is 2.81 bits per heavy atom. The summed E-state index contributed by atoms with van der Waals surface area (Å²) in [4.78, 5) is 2.37. The van der Waals surface area contributed by atoms with Gasteiger partial charge >= 0.3 is 0 Å². The van der Waals surface area contributed by atoms with Crippen LogP contribution in [0.5, 0.6) is 0 Å². The van der Waals surface area contributed by atoms with Crippen molar-refractivity contribution >= 4 is 23.0 Å². The Balaban J connectivity index is 1.66. The van der Waals surface area contributed by atoms with Crippen LogP contribution < -0.4 is 16.2 Å². The molecule has 0 aliphatic carbocycles. The van der Waals surface area contributed by atoms with Crippen molar-refractivity contribution in [2.45, 2.75) is 13.8 Å². The molecule has 5 nitrogen and oxygen atoms in total. The second-order valence-electron chi connectivity index (χ2n) is 5.28. The number of aryl methyl sites for hydroxylation is 2. The SMILES string of the molecule is Cc1ccc(C)c(NNC(=S)NCCN2CCOCC2)c1. The number of morpholine rings is 1. The van der Waals surface area contributed by atoms with Crippen LogP contribution in [-0.2, 0) is 4.74 Å². The van der Waals surface area contributed by atoms with Crippen molar-refractivity contribution in [3.05, 3.63) is 29.3 Å². The van der Waals surface area contributed by atoms with Crippen LogP contribution in [-0.4, -0.2) is 49.4 Å². The van der Waals surface area contributed by atoms with Gasteiger partial charge in [-0.1, -0.05) is 12.1 Å². The summed E-state index contributed by atoms with van der Waals surface area (Å²) in [6, 6.07) is 6.28. The highest BCUT2D eigenvalue weighted by Crippen LogP contribution is 2.14. The molecule has 0 aromatic heterocycles. The Hall–Kier alpha value is -1.37. The maximum absolute atomic E-state index is 5.33. The lowest BCUT2D eigenvalue weighted by atomic mass is 10.1. The number of hydrazine groups is 1. The highest BCUT2D eigenvalue weighted by atomic mass is 32.1. The minimum atomic E-state index is 0.615. The van der Waals surface area contributed by atoms with Gasteiger partial charge in [-0.2, -0.15) is 0 Å². The highest BCUT2D eigenvalue weighted by Gasteiger charge is 2.09. The lowest BCUT2D eigenvalue weighted by Crippen LogP contribution is -2.44. The standard InChI is InChI=1S/C15H24N4OS/c1-12-3-4-13(2)14(11-12)17-18-15(21)16-5-6-19-7-9-20-10-8-19/h3-4,11,17H,5-10H2,1-2H3,(H2,16,18,21). The van der Waals surface area contributed by atoms with E-state index in [-0.39, 0.29) is 0 Å². The summed E-state index contributed by atoms with van der Waals surface area (Å²) in [5.74, 6) is 0. The van der Waals surface area contributed by atoms with E-state index in [1.165, 1.54) is 11.1 Å². The zero-order valence-corrected chi connectivity index (χ0v) is 13.6. The summed E-state index contributed by atoms with van der Waals surface area (Å²) in [7, 11) is 0. The Bertz CT molecular complexity index is 475. The normalized spacial score (nSPS) is 15.5. The van der Waals surface area contributed by atoms with Crippen LogP contribution in [0.1, 0.15) is 11.1 Å². The molecule has 116 valence electrons. The first kappa shape index (κ1) is 16.0. The van der Waals surface area contributed by atoms with Crippen LogP contribution in [0.4, 0.5) is 5.69 Å². The van der Waals surface area contributed by atoms with E-state index >= 15 is 0 Å². The minimum Gasteiger partial charge on any atom is -0.379 e. The van der Waals surface area contributed by atoms with Crippen LogP contribution in [0.2, 0.25) is 0 Å². The van der Waals surface area contributed by atoms with E-state index < -0.39 is 0 Å². The van der Waals surface area contributed by atoms with Gasteiger partial charge in [0, 0.05) is 26.2 Å². The molecule has 0 saturated carbocycles. The molecule has 21 heavy (non-hydrogen) atoms. The molecule has 2 rings (SSSR count). The molecule has 0 atom stereocenters. The molecule has 0 radical (unpaired) electrons. The summed E-state index contributed by atoms with van der Waals surface area (Å²) in [5, 5.41) is 3.82. The molecule has 1 aromatic carbocycles. The Labute approximate surface area is 132 Å². The molecular formula is C15H24N4OS. The molecule has 6 heteroatoms. The van der Waals surface area contributed by atoms with E-state index in [0.29, 0.717) is 5.11 Å². The maximum Gasteiger partial charge on any atom is 0.185 e. The third-order valence-electron chi connectivity index (χ3n) is 3.52. The van der Waals surface area contributed by atoms with Gasteiger partial charge in [-0.3, -0.25) is 15.8 Å². The molecule has 1 aliphatic rings. The molecule has 1 aliphatic heterocycles. The first-order valence-electron chi connectivity index (χ1n) is 7.32. The zero-order chi connectivity index (χ0) is 15.1. The minimum absolute atomic E-state index is 0.615. The molecular weight excluding hydrogens is 284 g/mol. The molecule has 0 spiro atoms. The van der Waals surface area contributed by atoms with E-state index in [1.807, 2.05) is 0 Å². The number of nitrogens with one attached hydrogen (secondary N) is 3. The van der Waals surface area contributed by atoms with E-state index in [9.17, 15) is 0 Å². The highest BCUT2D eigenvalue weighted by molar-refractivity contribution is 7.80. The van der Waals surface area contributed by atoms with Gasteiger partial charge in [0.2, 0.25) is 0 Å². The third kappa shape index (κ3) is 5.49. The molecule has 1 fully saturated rings. The largest absolute Gasteiger partial charge is 0.379 e. The molecule has 1 aromatic rings. The fourth-order valence-electron chi connectivity index (χ4n) is 2.19. The van der Waals surface area contributed by atoms with Crippen molar-refractivity contribution in [2.24, 2.45) is 0 Å². The number of benzene rings is 1. The van der Waals surface area contributed by atoms with Gasteiger partial charge in [-0.25, -0.2) is 0 Å². The number of thiocarbonyl (C=S) groups is 1. The fourth-order valence-corrected chi connectivity index (χ4v) is 2.34. The lowest BCUT2D eigenvalue weighted by molar-refractivity contribution is 0.0389. The van der Waals surface area contributed by atoms with Crippen LogP contribution in [0.3, 0.4) is 0 Å². The second kappa shape index (κ2) is 8.17.